The van der Waals surface area contributed by atoms with Crippen LogP contribution in [0.4, 0.5) is 5.69 Å². The van der Waals surface area contributed by atoms with Crippen molar-refractivity contribution >= 4 is 34.7 Å². The molecule has 0 saturated carbocycles. The van der Waals surface area contributed by atoms with Crippen molar-refractivity contribution in [1.29, 1.82) is 0 Å². The van der Waals surface area contributed by atoms with Crippen LogP contribution in [0.15, 0.2) is 90.6 Å². The lowest BCUT2D eigenvalue weighted by atomic mass is 10.0. The highest BCUT2D eigenvalue weighted by Gasteiger charge is 2.41. The van der Waals surface area contributed by atoms with Crippen LogP contribution < -0.4 is 4.90 Å². The predicted molar refractivity (Wildman–Crippen MR) is 120 cm³/mol. The Balaban J connectivity index is 1.82. The number of likely N-dealkylation sites (N-methyl/N-ethyl adjacent to an activating group) is 1. The Bertz CT molecular complexity index is 1090. The SMILES string of the molecule is CCN(C1=C(c2ccc(Cl)cc2)C(=O)N(Cc2ccccc2)C1=O)c1ccccc1. The molecule has 150 valence electrons. The van der Waals surface area contributed by atoms with Gasteiger partial charge in [0.05, 0.1) is 12.1 Å². The van der Waals surface area contributed by atoms with E-state index in [2.05, 4.69) is 0 Å². The summed E-state index contributed by atoms with van der Waals surface area (Å²) >= 11 is 6.05. The van der Waals surface area contributed by atoms with Crippen LogP contribution in [-0.2, 0) is 16.1 Å². The normalized spacial score (nSPS) is 13.9. The number of rotatable bonds is 6. The number of hydrogen-bond acceptors (Lipinski definition) is 3. The first kappa shape index (κ1) is 19.9. The maximum Gasteiger partial charge on any atom is 0.278 e. The van der Waals surface area contributed by atoms with E-state index in [1.807, 2.05) is 72.5 Å². The molecule has 0 N–H and O–H groups in total. The predicted octanol–water partition coefficient (Wildman–Crippen LogP) is 5.15. The molecule has 0 saturated heterocycles. The lowest BCUT2D eigenvalue weighted by Crippen LogP contribution is -2.34. The zero-order valence-corrected chi connectivity index (χ0v) is 17.3. The van der Waals surface area contributed by atoms with E-state index >= 15 is 0 Å². The Morgan fingerprint density at radius 1 is 0.800 bits per heavy atom. The van der Waals surface area contributed by atoms with Crippen molar-refractivity contribution in [2.75, 3.05) is 11.4 Å². The largest absolute Gasteiger partial charge is 0.337 e. The van der Waals surface area contributed by atoms with Gasteiger partial charge in [-0.25, -0.2) is 0 Å². The van der Waals surface area contributed by atoms with Crippen molar-refractivity contribution in [3.63, 3.8) is 0 Å². The van der Waals surface area contributed by atoms with Crippen molar-refractivity contribution in [2.45, 2.75) is 13.5 Å². The van der Waals surface area contributed by atoms with Crippen LogP contribution in [-0.4, -0.2) is 23.3 Å². The monoisotopic (exact) mass is 416 g/mol. The van der Waals surface area contributed by atoms with Crippen LogP contribution in [0.1, 0.15) is 18.1 Å². The lowest BCUT2D eigenvalue weighted by Gasteiger charge is -2.25. The molecule has 0 radical (unpaired) electrons. The number of imide groups is 1. The van der Waals surface area contributed by atoms with Gasteiger partial charge in [-0.05, 0) is 42.3 Å². The van der Waals surface area contributed by atoms with E-state index < -0.39 is 0 Å². The van der Waals surface area contributed by atoms with Crippen LogP contribution in [0.5, 0.6) is 0 Å². The Labute approximate surface area is 181 Å². The summed E-state index contributed by atoms with van der Waals surface area (Å²) in [6.07, 6.45) is 0. The molecule has 0 bridgehead atoms. The number of anilines is 1. The van der Waals surface area contributed by atoms with E-state index in [-0.39, 0.29) is 18.4 Å². The van der Waals surface area contributed by atoms with Crippen LogP contribution in [0.2, 0.25) is 5.02 Å². The molecule has 4 nitrogen and oxygen atoms in total. The molecule has 0 aromatic heterocycles. The second-order valence-corrected chi connectivity index (χ2v) is 7.43. The molecule has 30 heavy (non-hydrogen) atoms. The number of carbonyl (C=O) groups excluding carboxylic acids is 2. The van der Waals surface area contributed by atoms with E-state index in [9.17, 15) is 9.59 Å². The number of halogens is 1. The Morgan fingerprint density at radius 3 is 2.00 bits per heavy atom. The molecule has 2 amide bonds. The van der Waals surface area contributed by atoms with E-state index in [4.69, 9.17) is 11.6 Å². The first-order valence-electron chi connectivity index (χ1n) is 9.83. The number of nitrogens with zero attached hydrogens (tertiary/aromatic N) is 2. The van der Waals surface area contributed by atoms with Gasteiger partial charge in [0.2, 0.25) is 0 Å². The summed E-state index contributed by atoms with van der Waals surface area (Å²) in [6, 6.07) is 26.2. The minimum absolute atomic E-state index is 0.228. The molecule has 1 heterocycles. The maximum absolute atomic E-state index is 13.5. The number of benzene rings is 3. The molecule has 0 fully saturated rings. The smallest absolute Gasteiger partial charge is 0.278 e. The van der Waals surface area contributed by atoms with Gasteiger partial charge in [-0.2, -0.15) is 0 Å². The third-order valence-electron chi connectivity index (χ3n) is 5.11. The molecule has 0 spiro atoms. The fourth-order valence-electron chi connectivity index (χ4n) is 3.68. The summed E-state index contributed by atoms with van der Waals surface area (Å²) in [5, 5.41) is 0.578. The van der Waals surface area contributed by atoms with E-state index in [0.717, 1.165) is 11.3 Å². The maximum atomic E-state index is 13.5. The van der Waals surface area contributed by atoms with Gasteiger partial charge in [0.15, 0.2) is 0 Å². The van der Waals surface area contributed by atoms with Crippen molar-refractivity contribution in [2.24, 2.45) is 0 Å². The highest BCUT2D eigenvalue weighted by molar-refractivity contribution is 6.37. The average Bonchev–Trinajstić information content (AvgIpc) is 3.01. The molecule has 5 heteroatoms. The summed E-state index contributed by atoms with van der Waals surface area (Å²) in [7, 11) is 0. The van der Waals surface area contributed by atoms with Gasteiger partial charge in [0.25, 0.3) is 11.8 Å². The standard InChI is InChI=1S/C25H21ClN2O2/c1-2-27(21-11-7-4-8-12-21)23-22(19-13-15-20(26)16-14-19)24(29)28(25(23)30)17-18-9-5-3-6-10-18/h3-16H,2,17H2,1H3. The second kappa shape index (κ2) is 8.56. The topological polar surface area (TPSA) is 40.6 Å². The summed E-state index contributed by atoms with van der Waals surface area (Å²) in [4.78, 5) is 30.2. The fourth-order valence-corrected chi connectivity index (χ4v) is 3.80. The molecule has 4 rings (SSSR count). The Hall–Kier alpha value is -3.37. The van der Waals surface area contributed by atoms with Crippen molar-refractivity contribution < 1.29 is 9.59 Å². The highest BCUT2D eigenvalue weighted by Crippen LogP contribution is 2.35. The Morgan fingerprint density at radius 2 is 1.40 bits per heavy atom. The van der Waals surface area contributed by atoms with Gasteiger partial charge in [-0.3, -0.25) is 14.5 Å². The molecule has 1 aliphatic rings. The molecule has 0 aliphatic carbocycles. The van der Waals surface area contributed by atoms with Gasteiger partial charge in [0.1, 0.15) is 5.70 Å². The molecule has 3 aromatic rings. The first-order valence-corrected chi connectivity index (χ1v) is 10.2. The quantitative estimate of drug-likeness (QED) is 0.522. The van der Waals surface area contributed by atoms with Crippen LogP contribution >= 0.6 is 11.6 Å². The minimum Gasteiger partial charge on any atom is -0.337 e. The van der Waals surface area contributed by atoms with Crippen molar-refractivity contribution in [1.82, 2.24) is 4.90 Å². The highest BCUT2D eigenvalue weighted by atomic mass is 35.5. The summed E-state index contributed by atoms with van der Waals surface area (Å²) in [6.45, 7) is 2.75. The van der Waals surface area contributed by atoms with Crippen molar-refractivity contribution in [3.8, 4) is 0 Å². The van der Waals surface area contributed by atoms with Gasteiger partial charge >= 0.3 is 0 Å². The lowest BCUT2D eigenvalue weighted by molar-refractivity contribution is -0.137. The number of carbonyl (C=O) groups is 2. The fraction of sp³-hybridized carbons (Fsp3) is 0.120. The molecular weight excluding hydrogens is 396 g/mol. The summed E-state index contributed by atoms with van der Waals surface area (Å²) < 4.78 is 0. The minimum atomic E-state index is -0.296. The van der Waals surface area contributed by atoms with E-state index in [0.29, 0.717) is 28.4 Å². The molecule has 0 atom stereocenters. The number of para-hydroxylation sites is 1. The number of amides is 2. The molecule has 3 aromatic carbocycles. The molecular formula is C25H21ClN2O2. The van der Waals surface area contributed by atoms with Gasteiger partial charge in [-0.15, -0.1) is 0 Å². The zero-order chi connectivity index (χ0) is 21.1. The van der Waals surface area contributed by atoms with Gasteiger partial charge in [0, 0.05) is 17.3 Å². The van der Waals surface area contributed by atoms with Gasteiger partial charge in [-0.1, -0.05) is 72.3 Å². The van der Waals surface area contributed by atoms with E-state index in [1.165, 1.54) is 4.90 Å². The van der Waals surface area contributed by atoms with Crippen molar-refractivity contribution in [3.05, 3.63) is 107 Å². The van der Waals surface area contributed by atoms with Crippen LogP contribution in [0.3, 0.4) is 0 Å². The average molecular weight is 417 g/mol. The molecule has 0 unspecified atom stereocenters. The van der Waals surface area contributed by atoms with Gasteiger partial charge < -0.3 is 4.90 Å². The first-order chi connectivity index (χ1) is 14.6. The third-order valence-corrected chi connectivity index (χ3v) is 5.37. The summed E-state index contributed by atoms with van der Waals surface area (Å²) in [5.74, 6) is -0.588. The molecule has 1 aliphatic heterocycles. The zero-order valence-electron chi connectivity index (χ0n) is 16.6. The van der Waals surface area contributed by atoms with Crippen LogP contribution in [0.25, 0.3) is 5.57 Å². The van der Waals surface area contributed by atoms with Crippen LogP contribution in [0, 0.1) is 0 Å². The van der Waals surface area contributed by atoms with E-state index in [1.54, 1.807) is 24.3 Å². The Kier molecular flexibility index (Phi) is 5.68. The summed E-state index contributed by atoms with van der Waals surface area (Å²) in [5.41, 5.74) is 3.24. The number of hydrogen-bond donors (Lipinski definition) is 0. The second-order valence-electron chi connectivity index (χ2n) is 6.99. The third kappa shape index (κ3) is 3.74.